The number of aliphatic hydroxyl groups is 1. The van der Waals surface area contributed by atoms with Crippen molar-refractivity contribution in [1.29, 1.82) is 0 Å². The zero-order valence-electron chi connectivity index (χ0n) is 17.0. The standard InChI is InChI=1S/C24H25F3INO2/c25-19-8-7-16(17(22(19)27)9-13-5-6-15(28)10-20(13)26)23(30)14-11-24(31,12-14)18-3-1-2-4-21(18)29/h5-8,10,14,18,21,31H,1-4,9,11-12,29H2. The van der Waals surface area contributed by atoms with Crippen LogP contribution in [0, 0.1) is 32.9 Å². The van der Waals surface area contributed by atoms with Gasteiger partial charge in [-0.15, -0.1) is 0 Å². The number of carbonyl (C=O) groups is 1. The Balaban J connectivity index is 1.57. The van der Waals surface area contributed by atoms with Crippen LogP contribution in [-0.2, 0) is 6.42 Å². The largest absolute Gasteiger partial charge is 0.389 e. The summed E-state index contributed by atoms with van der Waals surface area (Å²) in [6, 6.07) is 6.62. The van der Waals surface area contributed by atoms with Gasteiger partial charge in [0, 0.05) is 39.0 Å². The highest BCUT2D eigenvalue weighted by Gasteiger charge is 2.52. The summed E-state index contributed by atoms with van der Waals surface area (Å²) in [7, 11) is 0. The Labute approximate surface area is 193 Å². The van der Waals surface area contributed by atoms with Crippen molar-refractivity contribution in [2.75, 3.05) is 0 Å². The van der Waals surface area contributed by atoms with Crippen molar-refractivity contribution in [1.82, 2.24) is 0 Å². The lowest BCUT2D eigenvalue weighted by Gasteiger charge is -2.51. The van der Waals surface area contributed by atoms with E-state index in [1.54, 1.807) is 6.07 Å². The Morgan fingerprint density at radius 2 is 1.81 bits per heavy atom. The summed E-state index contributed by atoms with van der Waals surface area (Å²) in [6.07, 6.45) is 4.05. The summed E-state index contributed by atoms with van der Waals surface area (Å²) in [6.45, 7) is 0. The number of halogens is 4. The molecule has 0 spiro atoms. The third kappa shape index (κ3) is 4.41. The summed E-state index contributed by atoms with van der Waals surface area (Å²) in [4.78, 5) is 13.2. The van der Waals surface area contributed by atoms with Gasteiger partial charge in [0.15, 0.2) is 17.4 Å². The molecule has 4 rings (SSSR count). The molecule has 2 fully saturated rings. The molecular formula is C24H25F3INO2. The molecule has 7 heteroatoms. The molecule has 0 aliphatic heterocycles. The number of hydrogen-bond donors (Lipinski definition) is 2. The molecule has 31 heavy (non-hydrogen) atoms. The van der Waals surface area contributed by atoms with Crippen LogP contribution in [0.15, 0.2) is 30.3 Å². The quantitative estimate of drug-likeness (QED) is 0.406. The number of benzene rings is 2. The van der Waals surface area contributed by atoms with E-state index in [1.807, 2.05) is 22.6 Å². The van der Waals surface area contributed by atoms with E-state index < -0.39 is 29.0 Å². The van der Waals surface area contributed by atoms with Crippen LogP contribution in [0.2, 0.25) is 0 Å². The molecule has 2 unspecified atom stereocenters. The van der Waals surface area contributed by atoms with Crippen LogP contribution in [0.25, 0.3) is 0 Å². The monoisotopic (exact) mass is 543 g/mol. The summed E-state index contributed by atoms with van der Waals surface area (Å²) in [5.74, 6) is -3.60. The lowest BCUT2D eigenvalue weighted by atomic mass is 9.58. The number of Topliss-reactive ketones (excluding diaryl/α,β-unsaturated/α-hetero) is 1. The van der Waals surface area contributed by atoms with Crippen molar-refractivity contribution in [3.8, 4) is 0 Å². The highest BCUT2D eigenvalue weighted by molar-refractivity contribution is 14.1. The minimum Gasteiger partial charge on any atom is -0.389 e. The van der Waals surface area contributed by atoms with Crippen molar-refractivity contribution in [2.24, 2.45) is 17.6 Å². The van der Waals surface area contributed by atoms with E-state index in [1.165, 1.54) is 18.2 Å². The van der Waals surface area contributed by atoms with Gasteiger partial charge in [-0.25, -0.2) is 13.2 Å². The number of nitrogens with two attached hydrogens (primary N) is 1. The highest BCUT2D eigenvalue weighted by atomic mass is 127. The molecule has 0 heterocycles. The van der Waals surface area contributed by atoms with Crippen molar-refractivity contribution in [3.05, 3.63) is 68.0 Å². The molecule has 0 bridgehead atoms. The number of ketones is 1. The van der Waals surface area contributed by atoms with Gasteiger partial charge in [-0.1, -0.05) is 18.9 Å². The van der Waals surface area contributed by atoms with Crippen LogP contribution in [0.5, 0.6) is 0 Å². The molecule has 3 N–H and O–H groups in total. The zero-order valence-corrected chi connectivity index (χ0v) is 19.2. The van der Waals surface area contributed by atoms with Gasteiger partial charge < -0.3 is 10.8 Å². The Bertz CT molecular complexity index is 1010. The second-order valence-electron chi connectivity index (χ2n) is 8.93. The lowest BCUT2D eigenvalue weighted by Crippen LogP contribution is -2.57. The highest BCUT2D eigenvalue weighted by Crippen LogP contribution is 2.49. The van der Waals surface area contributed by atoms with Gasteiger partial charge in [-0.2, -0.15) is 0 Å². The maximum Gasteiger partial charge on any atom is 0.166 e. The van der Waals surface area contributed by atoms with Crippen molar-refractivity contribution >= 4 is 28.4 Å². The molecule has 2 atom stereocenters. The molecular weight excluding hydrogens is 518 g/mol. The summed E-state index contributed by atoms with van der Waals surface area (Å²) in [5, 5.41) is 11.0. The van der Waals surface area contributed by atoms with E-state index in [4.69, 9.17) is 5.73 Å². The van der Waals surface area contributed by atoms with Crippen molar-refractivity contribution in [3.63, 3.8) is 0 Å². The Hall–Kier alpha value is -1.45. The van der Waals surface area contributed by atoms with E-state index in [-0.39, 0.29) is 53.7 Å². The fourth-order valence-corrected chi connectivity index (χ4v) is 5.63. The molecule has 166 valence electrons. The average Bonchev–Trinajstić information content (AvgIpc) is 2.71. The van der Waals surface area contributed by atoms with Gasteiger partial charge in [0.1, 0.15) is 5.82 Å². The van der Waals surface area contributed by atoms with Gasteiger partial charge >= 0.3 is 0 Å². The van der Waals surface area contributed by atoms with Gasteiger partial charge in [0.05, 0.1) is 5.60 Å². The molecule has 3 nitrogen and oxygen atoms in total. The molecule has 2 saturated carbocycles. The molecule has 2 aromatic carbocycles. The fraction of sp³-hybridized carbons (Fsp3) is 0.458. The molecule has 0 aromatic heterocycles. The number of carbonyl (C=O) groups excluding carboxylic acids is 1. The normalized spacial score (nSPS) is 28.3. The second kappa shape index (κ2) is 8.83. The molecule has 0 radical (unpaired) electrons. The summed E-state index contributed by atoms with van der Waals surface area (Å²) in [5.41, 5.74) is 5.32. The van der Waals surface area contributed by atoms with Crippen LogP contribution < -0.4 is 5.73 Å². The first-order chi connectivity index (χ1) is 14.7. The van der Waals surface area contributed by atoms with Crippen LogP contribution in [0.1, 0.15) is 60.0 Å². The first kappa shape index (κ1) is 22.7. The third-order valence-electron chi connectivity index (χ3n) is 6.92. The summed E-state index contributed by atoms with van der Waals surface area (Å²) >= 11 is 1.97. The molecule has 2 aliphatic carbocycles. The average molecular weight is 543 g/mol. The molecule has 2 aromatic rings. The van der Waals surface area contributed by atoms with Crippen molar-refractivity contribution < 1.29 is 23.1 Å². The first-order valence-electron chi connectivity index (χ1n) is 10.6. The Kier molecular flexibility index (Phi) is 6.47. The van der Waals surface area contributed by atoms with E-state index in [0.29, 0.717) is 3.57 Å². The minimum absolute atomic E-state index is 0.0457. The molecule has 2 aliphatic rings. The van der Waals surface area contributed by atoms with Crippen LogP contribution in [0.4, 0.5) is 13.2 Å². The van der Waals surface area contributed by atoms with Crippen LogP contribution in [-0.4, -0.2) is 22.5 Å². The molecule has 0 saturated heterocycles. The maximum atomic E-state index is 14.7. The second-order valence-corrected chi connectivity index (χ2v) is 10.2. The van der Waals surface area contributed by atoms with E-state index in [2.05, 4.69) is 0 Å². The predicted octanol–water partition coefficient (Wildman–Crippen LogP) is 5.14. The van der Waals surface area contributed by atoms with Gasteiger partial charge in [-0.3, -0.25) is 4.79 Å². The predicted molar refractivity (Wildman–Crippen MR) is 120 cm³/mol. The smallest absolute Gasteiger partial charge is 0.166 e. The lowest BCUT2D eigenvalue weighted by molar-refractivity contribution is -0.121. The van der Waals surface area contributed by atoms with Crippen molar-refractivity contribution in [2.45, 2.75) is 56.6 Å². The van der Waals surface area contributed by atoms with Gasteiger partial charge in [0.25, 0.3) is 0 Å². The number of hydrogen-bond acceptors (Lipinski definition) is 3. The topological polar surface area (TPSA) is 63.3 Å². The minimum atomic E-state index is -1.13. The van der Waals surface area contributed by atoms with E-state index in [0.717, 1.165) is 31.7 Å². The SMILES string of the molecule is NC1CCCCC1C1(O)CC(C(=O)c2ccc(F)c(F)c2Cc2ccc(I)cc2F)C1. The third-order valence-corrected chi connectivity index (χ3v) is 7.60. The number of rotatable bonds is 5. The van der Waals surface area contributed by atoms with E-state index in [9.17, 15) is 23.1 Å². The van der Waals surface area contributed by atoms with Gasteiger partial charge in [0.2, 0.25) is 0 Å². The first-order valence-corrected chi connectivity index (χ1v) is 11.7. The molecule has 0 amide bonds. The fourth-order valence-electron chi connectivity index (χ4n) is 5.18. The Morgan fingerprint density at radius 3 is 2.48 bits per heavy atom. The maximum absolute atomic E-state index is 14.7. The zero-order chi connectivity index (χ0) is 22.3. The van der Waals surface area contributed by atoms with E-state index >= 15 is 0 Å². The van der Waals surface area contributed by atoms with Gasteiger partial charge in [-0.05, 0) is 78.1 Å². The van der Waals surface area contributed by atoms with Crippen LogP contribution in [0.3, 0.4) is 0 Å². The Morgan fingerprint density at radius 1 is 1.10 bits per heavy atom. The van der Waals surface area contributed by atoms with Crippen LogP contribution >= 0.6 is 22.6 Å². The summed E-state index contributed by atoms with van der Waals surface area (Å²) < 4.78 is 43.7.